The molecule has 1 unspecified atom stereocenters. The fourth-order valence-electron chi connectivity index (χ4n) is 2.59. The SMILES string of the molecule is CNCCC(Oc1cccc2cnccc12)c1ccccc1.Cl. The zero-order chi connectivity index (χ0) is 15.2. The minimum Gasteiger partial charge on any atom is -0.485 e. The van der Waals surface area contributed by atoms with Crippen LogP contribution in [0.1, 0.15) is 18.1 Å². The highest BCUT2D eigenvalue weighted by atomic mass is 35.5. The first-order valence-electron chi connectivity index (χ1n) is 7.57. The molecule has 1 atom stereocenters. The molecule has 1 N–H and O–H groups in total. The molecule has 3 rings (SSSR count). The van der Waals surface area contributed by atoms with Gasteiger partial charge in [0.15, 0.2) is 0 Å². The average molecular weight is 329 g/mol. The lowest BCUT2D eigenvalue weighted by molar-refractivity contribution is 0.197. The number of halogens is 1. The Morgan fingerprint density at radius 3 is 2.65 bits per heavy atom. The van der Waals surface area contributed by atoms with E-state index in [0.29, 0.717) is 0 Å². The van der Waals surface area contributed by atoms with Crippen LogP contribution >= 0.6 is 12.4 Å². The summed E-state index contributed by atoms with van der Waals surface area (Å²) in [6, 6.07) is 18.5. The predicted molar refractivity (Wildman–Crippen MR) is 97.3 cm³/mol. The van der Waals surface area contributed by atoms with Crippen LogP contribution in [0.2, 0.25) is 0 Å². The maximum atomic E-state index is 6.35. The van der Waals surface area contributed by atoms with Crippen molar-refractivity contribution < 1.29 is 4.74 Å². The Morgan fingerprint density at radius 2 is 1.87 bits per heavy atom. The van der Waals surface area contributed by atoms with Crippen LogP contribution in [0.25, 0.3) is 10.8 Å². The quantitative estimate of drug-likeness (QED) is 0.729. The van der Waals surface area contributed by atoms with Crippen molar-refractivity contribution in [3.05, 3.63) is 72.6 Å². The summed E-state index contributed by atoms with van der Waals surface area (Å²) in [6.45, 7) is 0.909. The van der Waals surface area contributed by atoms with Gasteiger partial charge >= 0.3 is 0 Å². The number of ether oxygens (including phenoxy) is 1. The van der Waals surface area contributed by atoms with Gasteiger partial charge < -0.3 is 10.1 Å². The highest BCUT2D eigenvalue weighted by molar-refractivity contribution is 5.87. The summed E-state index contributed by atoms with van der Waals surface area (Å²) in [7, 11) is 1.96. The first kappa shape index (κ1) is 17.3. The molecule has 1 heterocycles. The van der Waals surface area contributed by atoms with Crippen LogP contribution in [0.15, 0.2) is 67.0 Å². The zero-order valence-corrected chi connectivity index (χ0v) is 13.9. The van der Waals surface area contributed by atoms with Gasteiger partial charge in [-0.1, -0.05) is 42.5 Å². The van der Waals surface area contributed by atoms with Crippen LogP contribution in [0.5, 0.6) is 5.75 Å². The number of benzene rings is 2. The molecular formula is C19H21ClN2O. The zero-order valence-electron chi connectivity index (χ0n) is 13.1. The molecule has 4 heteroatoms. The van der Waals surface area contributed by atoms with Gasteiger partial charge in [0.1, 0.15) is 11.9 Å². The number of fused-ring (bicyclic) bond motifs is 1. The molecule has 0 aliphatic rings. The molecule has 3 aromatic rings. The van der Waals surface area contributed by atoms with Gasteiger partial charge in [-0.15, -0.1) is 12.4 Å². The van der Waals surface area contributed by atoms with Crippen molar-refractivity contribution in [2.45, 2.75) is 12.5 Å². The summed E-state index contributed by atoms with van der Waals surface area (Å²) < 4.78 is 6.35. The maximum absolute atomic E-state index is 6.35. The summed E-state index contributed by atoms with van der Waals surface area (Å²) in [5.41, 5.74) is 1.20. The van der Waals surface area contributed by atoms with Gasteiger partial charge in [-0.05, 0) is 31.3 Å². The highest BCUT2D eigenvalue weighted by Crippen LogP contribution is 2.30. The Morgan fingerprint density at radius 1 is 1.04 bits per heavy atom. The van der Waals surface area contributed by atoms with Gasteiger partial charge in [0, 0.05) is 29.6 Å². The molecule has 0 fully saturated rings. The van der Waals surface area contributed by atoms with Gasteiger partial charge in [0.25, 0.3) is 0 Å². The van der Waals surface area contributed by atoms with Gasteiger partial charge in [-0.3, -0.25) is 4.98 Å². The molecular weight excluding hydrogens is 308 g/mol. The molecule has 0 amide bonds. The summed E-state index contributed by atoms with van der Waals surface area (Å²) in [6.07, 6.45) is 4.63. The third kappa shape index (κ3) is 4.21. The van der Waals surface area contributed by atoms with E-state index in [1.165, 1.54) is 5.56 Å². The summed E-state index contributed by atoms with van der Waals surface area (Å²) in [5, 5.41) is 5.40. The van der Waals surface area contributed by atoms with E-state index in [1.807, 2.05) is 37.5 Å². The second kappa shape index (κ2) is 8.51. The van der Waals surface area contributed by atoms with Crippen molar-refractivity contribution in [2.75, 3.05) is 13.6 Å². The van der Waals surface area contributed by atoms with Crippen molar-refractivity contribution in [1.82, 2.24) is 10.3 Å². The minimum absolute atomic E-state index is 0. The second-order valence-electron chi connectivity index (χ2n) is 5.26. The third-order valence-corrected chi connectivity index (χ3v) is 3.74. The minimum atomic E-state index is 0. The number of pyridine rings is 1. The maximum Gasteiger partial charge on any atom is 0.128 e. The Hall–Kier alpha value is -2.10. The van der Waals surface area contributed by atoms with Gasteiger partial charge in [0.2, 0.25) is 0 Å². The smallest absolute Gasteiger partial charge is 0.128 e. The lowest BCUT2D eigenvalue weighted by Crippen LogP contribution is -2.16. The molecule has 23 heavy (non-hydrogen) atoms. The number of rotatable bonds is 6. The van der Waals surface area contributed by atoms with Gasteiger partial charge in [-0.25, -0.2) is 0 Å². The first-order valence-corrected chi connectivity index (χ1v) is 7.57. The van der Waals surface area contributed by atoms with E-state index >= 15 is 0 Å². The molecule has 0 saturated carbocycles. The van der Waals surface area contributed by atoms with Gasteiger partial charge in [0.05, 0.1) is 0 Å². The molecule has 0 aliphatic carbocycles. The molecule has 0 aliphatic heterocycles. The van der Waals surface area contributed by atoms with E-state index in [1.54, 1.807) is 6.20 Å². The fraction of sp³-hybridized carbons (Fsp3) is 0.211. The number of hydrogen-bond acceptors (Lipinski definition) is 3. The van der Waals surface area contributed by atoms with Gasteiger partial charge in [-0.2, -0.15) is 0 Å². The largest absolute Gasteiger partial charge is 0.485 e. The van der Waals surface area contributed by atoms with E-state index in [4.69, 9.17) is 4.74 Å². The number of nitrogens with zero attached hydrogens (tertiary/aromatic N) is 1. The topological polar surface area (TPSA) is 34.1 Å². The van der Waals surface area contributed by atoms with E-state index in [9.17, 15) is 0 Å². The van der Waals surface area contributed by atoms with Crippen molar-refractivity contribution >= 4 is 23.2 Å². The molecule has 0 radical (unpaired) electrons. The van der Waals surface area contributed by atoms with Crippen molar-refractivity contribution in [2.24, 2.45) is 0 Å². The molecule has 2 aromatic carbocycles. The predicted octanol–water partition coefficient (Wildman–Crippen LogP) is 4.39. The standard InChI is InChI=1S/C19H20N2O.ClH/c1-20-12-11-18(15-6-3-2-4-7-15)22-19-9-5-8-16-14-21-13-10-17(16)19;/h2-10,13-14,18,20H,11-12H2,1H3;1H. The van der Waals surface area contributed by atoms with E-state index < -0.39 is 0 Å². The first-order chi connectivity index (χ1) is 10.9. The molecule has 0 spiro atoms. The van der Waals surface area contributed by atoms with Crippen molar-refractivity contribution in [3.63, 3.8) is 0 Å². The van der Waals surface area contributed by atoms with E-state index in [2.05, 4.69) is 40.6 Å². The lowest BCUT2D eigenvalue weighted by Gasteiger charge is -2.20. The number of hydrogen-bond donors (Lipinski definition) is 1. The van der Waals surface area contributed by atoms with Crippen LogP contribution in [0, 0.1) is 0 Å². The Kier molecular flexibility index (Phi) is 6.39. The Labute approximate surface area is 143 Å². The average Bonchev–Trinajstić information content (AvgIpc) is 2.59. The van der Waals surface area contributed by atoms with Crippen LogP contribution in [0.3, 0.4) is 0 Å². The van der Waals surface area contributed by atoms with E-state index in [-0.39, 0.29) is 18.5 Å². The normalized spacial score (nSPS) is 11.7. The second-order valence-corrected chi connectivity index (χ2v) is 5.26. The van der Waals surface area contributed by atoms with Crippen LogP contribution in [-0.4, -0.2) is 18.6 Å². The fourth-order valence-corrected chi connectivity index (χ4v) is 2.59. The summed E-state index contributed by atoms with van der Waals surface area (Å²) in [4.78, 5) is 4.18. The molecule has 3 nitrogen and oxygen atoms in total. The highest BCUT2D eigenvalue weighted by Gasteiger charge is 2.14. The van der Waals surface area contributed by atoms with Crippen LogP contribution < -0.4 is 10.1 Å². The van der Waals surface area contributed by atoms with Crippen molar-refractivity contribution in [1.29, 1.82) is 0 Å². The molecule has 1 aromatic heterocycles. The summed E-state index contributed by atoms with van der Waals surface area (Å²) in [5.74, 6) is 0.907. The van der Waals surface area contributed by atoms with Crippen LogP contribution in [0.4, 0.5) is 0 Å². The van der Waals surface area contributed by atoms with Crippen molar-refractivity contribution in [3.8, 4) is 5.75 Å². The monoisotopic (exact) mass is 328 g/mol. The Balaban J connectivity index is 0.00000192. The van der Waals surface area contributed by atoms with Crippen LogP contribution in [-0.2, 0) is 0 Å². The van der Waals surface area contributed by atoms with E-state index in [0.717, 1.165) is 29.5 Å². The Bertz CT molecular complexity index is 728. The third-order valence-electron chi connectivity index (χ3n) is 3.74. The number of aromatic nitrogens is 1. The summed E-state index contributed by atoms with van der Waals surface area (Å²) >= 11 is 0. The number of nitrogens with one attached hydrogen (secondary N) is 1. The molecule has 120 valence electrons. The molecule has 0 saturated heterocycles. The lowest BCUT2D eigenvalue weighted by atomic mass is 10.1. The molecule has 0 bridgehead atoms.